The van der Waals surface area contributed by atoms with Gasteiger partial charge in [0.1, 0.15) is 6.61 Å². The van der Waals surface area contributed by atoms with Crippen LogP contribution in [-0.4, -0.2) is 25.9 Å². The molecular formula is C12H14Br2N4O2. The van der Waals surface area contributed by atoms with E-state index in [4.69, 9.17) is 20.9 Å². The molecule has 0 aliphatic carbocycles. The van der Waals surface area contributed by atoms with E-state index in [2.05, 4.69) is 48.6 Å². The molecule has 1 aromatic carbocycles. The molecule has 0 saturated carbocycles. The smallest absolute Gasteiger partial charge is 0.211 e. The normalized spacial score (nSPS) is 10.3. The van der Waals surface area contributed by atoms with Crippen LogP contribution in [0.5, 0.6) is 11.5 Å². The Kier molecular flexibility index (Phi) is 6.53. The molecule has 0 aliphatic rings. The van der Waals surface area contributed by atoms with Crippen molar-refractivity contribution in [1.29, 1.82) is 0 Å². The van der Waals surface area contributed by atoms with Gasteiger partial charge in [0.25, 0.3) is 0 Å². The highest BCUT2D eigenvalue weighted by Gasteiger charge is 2.16. The maximum Gasteiger partial charge on any atom is 0.211 e. The molecule has 0 aromatic heterocycles. The van der Waals surface area contributed by atoms with Crippen LogP contribution < -0.4 is 20.9 Å². The minimum Gasteiger partial charge on any atom is -0.493 e. The monoisotopic (exact) mass is 404 g/mol. The average molecular weight is 406 g/mol. The van der Waals surface area contributed by atoms with E-state index in [1.54, 1.807) is 19.3 Å². The summed E-state index contributed by atoms with van der Waals surface area (Å²) in [5.74, 6) is 1.00. The summed E-state index contributed by atoms with van der Waals surface area (Å²) in [5.41, 5.74) is 11.1. The molecule has 20 heavy (non-hydrogen) atoms. The highest BCUT2D eigenvalue weighted by molar-refractivity contribution is 9.13. The van der Waals surface area contributed by atoms with Gasteiger partial charge in [-0.1, -0.05) is 12.7 Å². The largest absolute Gasteiger partial charge is 0.493 e. The second kappa shape index (κ2) is 7.91. The van der Waals surface area contributed by atoms with Crippen LogP contribution in [0, 0.1) is 0 Å². The van der Waals surface area contributed by atoms with E-state index in [-0.39, 0.29) is 5.96 Å². The first-order chi connectivity index (χ1) is 9.51. The van der Waals surface area contributed by atoms with Gasteiger partial charge in [-0.2, -0.15) is 5.10 Å². The molecule has 4 N–H and O–H groups in total. The third-order valence-electron chi connectivity index (χ3n) is 2.09. The lowest BCUT2D eigenvalue weighted by Crippen LogP contribution is -2.21. The lowest BCUT2D eigenvalue weighted by Gasteiger charge is -2.14. The van der Waals surface area contributed by atoms with E-state index in [1.165, 1.54) is 6.21 Å². The molecule has 108 valence electrons. The van der Waals surface area contributed by atoms with Gasteiger partial charge in [0, 0.05) is 10.0 Å². The first-order valence-corrected chi connectivity index (χ1v) is 7.01. The summed E-state index contributed by atoms with van der Waals surface area (Å²) in [7, 11) is 1.55. The molecule has 0 amide bonds. The zero-order chi connectivity index (χ0) is 15.1. The quantitative estimate of drug-likeness (QED) is 0.328. The van der Waals surface area contributed by atoms with E-state index in [0.717, 1.165) is 10.0 Å². The molecular weight excluding hydrogens is 392 g/mol. The zero-order valence-electron chi connectivity index (χ0n) is 10.8. The number of benzene rings is 1. The molecule has 0 spiro atoms. The van der Waals surface area contributed by atoms with Crippen molar-refractivity contribution in [1.82, 2.24) is 0 Å². The van der Waals surface area contributed by atoms with Crippen LogP contribution in [0.3, 0.4) is 0 Å². The summed E-state index contributed by atoms with van der Waals surface area (Å²) < 4.78 is 12.3. The lowest BCUT2D eigenvalue weighted by molar-refractivity contribution is 0.324. The number of guanidine groups is 1. The van der Waals surface area contributed by atoms with Crippen molar-refractivity contribution >= 4 is 44.0 Å². The summed E-state index contributed by atoms with van der Waals surface area (Å²) >= 11 is 6.88. The van der Waals surface area contributed by atoms with Crippen molar-refractivity contribution < 1.29 is 9.47 Å². The molecule has 1 aromatic rings. The second-order valence-corrected chi connectivity index (χ2v) is 5.08. The molecule has 0 atom stereocenters. The SMILES string of the molecule is C=CCOc1c(OC)cc(C=NN=C(N)N)c(Br)c1Br. The van der Waals surface area contributed by atoms with E-state index >= 15 is 0 Å². The van der Waals surface area contributed by atoms with Gasteiger partial charge >= 0.3 is 0 Å². The maximum absolute atomic E-state index is 5.55. The van der Waals surface area contributed by atoms with Crippen LogP contribution in [0.25, 0.3) is 0 Å². The number of hydrogen-bond donors (Lipinski definition) is 2. The summed E-state index contributed by atoms with van der Waals surface area (Å²) in [4.78, 5) is 0. The third kappa shape index (κ3) is 4.24. The fraction of sp³-hybridized carbons (Fsp3) is 0.167. The summed E-state index contributed by atoms with van der Waals surface area (Å²) in [5, 5.41) is 7.30. The number of ether oxygens (including phenoxy) is 2. The van der Waals surface area contributed by atoms with Crippen LogP contribution in [0.4, 0.5) is 0 Å². The number of methoxy groups -OCH3 is 1. The fourth-order valence-corrected chi connectivity index (χ4v) is 2.22. The van der Waals surface area contributed by atoms with Gasteiger partial charge in [0.05, 0.1) is 17.8 Å². The van der Waals surface area contributed by atoms with Crippen molar-refractivity contribution in [2.24, 2.45) is 21.7 Å². The average Bonchev–Trinajstić information content (AvgIpc) is 2.42. The van der Waals surface area contributed by atoms with Crippen molar-refractivity contribution in [3.05, 3.63) is 33.2 Å². The van der Waals surface area contributed by atoms with Crippen LogP contribution in [0.2, 0.25) is 0 Å². The second-order valence-electron chi connectivity index (χ2n) is 3.49. The topological polar surface area (TPSA) is 95.2 Å². The van der Waals surface area contributed by atoms with E-state index in [1.807, 2.05) is 0 Å². The molecule has 0 heterocycles. The van der Waals surface area contributed by atoms with Crippen molar-refractivity contribution in [3.63, 3.8) is 0 Å². The molecule has 0 unspecified atom stereocenters. The highest BCUT2D eigenvalue weighted by atomic mass is 79.9. The molecule has 0 radical (unpaired) electrons. The van der Waals surface area contributed by atoms with Gasteiger partial charge < -0.3 is 20.9 Å². The standard InChI is InChI=1S/C12H14Br2N4O2/c1-3-4-20-11-8(19-2)5-7(9(13)10(11)14)6-17-18-12(15)16/h3,5-6H,1,4H2,2H3,(H4,15,16,18). The van der Waals surface area contributed by atoms with E-state index < -0.39 is 0 Å². The summed E-state index contributed by atoms with van der Waals surface area (Å²) in [6.07, 6.45) is 3.14. The van der Waals surface area contributed by atoms with Crippen molar-refractivity contribution in [2.75, 3.05) is 13.7 Å². The van der Waals surface area contributed by atoms with Gasteiger partial charge in [-0.05, 0) is 37.9 Å². The van der Waals surface area contributed by atoms with E-state index in [0.29, 0.717) is 22.6 Å². The maximum atomic E-state index is 5.55. The van der Waals surface area contributed by atoms with Gasteiger partial charge in [-0.15, -0.1) is 5.10 Å². The van der Waals surface area contributed by atoms with Crippen molar-refractivity contribution in [3.8, 4) is 11.5 Å². The van der Waals surface area contributed by atoms with Gasteiger partial charge in [-0.3, -0.25) is 0 Å². The van der Waals surface area contributed by atoms with Crippen molar-refractivity contribution in [2.45, 2.75) is 0 Å². The Morgan fingerprint density at radius 3 is 2.65 bits per heavy atom. The molecule has 0 aliphatic heterocycles. The highest BCUT2D eigenvalue weighted by Crippen LogP contribution is 2.42. The predicted octanol–water partition coefficient (Wildman–Crippen LogP) is 2.39. The zero-order valence-corrected chi connectivity index (χ0v) is 13.9. The number of rotatable bonds is 6. The first kappa shape index (κ1) is 16.5. The number of nitrogens with zero attached hydrogens (tertiary/aromatic N) is 2. The van der Waals surface area contributed by atoms with Gasteiger partial charge in [0.15, 0.2) is 11.5 Å². The Morgan fingerprint density at radius 1 is 1.40 bits per heavy atom. The Bertz CT molecular complexity index is 555. The Morgan fingerprint density at radius 2 is 2.10 bits per heavy atom. The Balaban J connectivity index is 3.22. The molecule has 0 saturated heterocycles. The molecule has 8 heteroatoms. The molecule has 1 rings (SSSR count). The molecule has 6 nitrogen and oxygen atoms in total. The molecule has 0 bridgehead atoms. The number of hydrogen-bond acceptors (Lipinski definition) is 4. The first-order valence-electron chi connectivity index (χ1n) is 5.42. The molecule has 0 fully saturated rings. The lowest BCUT2D eigenvalue weighted by atomic mass is 10.2. The van der Waals surface area contributed by atoms with Gasteiger partial charge in [-0.25, -0.2) is 0 Å². The van der Waals surface area contributed by atoms with E-state index in [9.17, 15) is 0 Å². The van der Waals surface area contributed by atoms with Crippen LogP contribution in [0.1, 0.15) is 5.56 Å². The van der Waals surface area contributed by atoms with Crippen LogP contribution >= 0.6 is 31.9 Å². The number of nitrogens with two attached hydrogens (primary N) is 2. The van der Waals surface area contributed by atoms with Crippen LogP contribution in [-0.2, 0) is 0 Å². The summed E-state index contributed by atoms with van der Waals surface area (Å²) in [6.45, 7) is 3.97. The number of halogens is 2. The Labute approximate surface area is 133 Å². The minimum atomic E-state index is -0.116. The summed E-state index contributed by atoms with van der Waals surface area (Å²) in [6, 6.07) is 1.75. The Hall–Kier alpha value is -1.54. The van der Waals surface area contributed by atoms with Gasteiger partial charge in [0.2, 0.25) is 5.96 Å². The minimum absolute atomic E-state index is 0.116. The fourth-order valence-electron chi connectivity index (χ4n) is 1.28. The predicted molar refractivity (Wildman–Crippen MR) is 87.5 cm³/mol. The van der Waals surface area contributed by atoms with Crippen LogP contribution in [0.15, 0.2) is 37.9 Å². The third-order valence-corrected chi connectivity index (χ3v) is 4.23.